The van der Waals surface area contributed by atoms with E-state index in [-0.39, 0.29) is 5.75 Å². The molecule has 4 heteroatoms. The summed E-state index contributed by atoms with van der Waals surface area (Å²) in [5.41, 5.74) is 3.44. The van der Waals surface area contributed by atoms with Gasteiger partial charge >= 0.3 is 0 Å². The molecule has 0 saturated carbocycles. The summed E-state index contributed by atoms with van der Waals surface area (Å²) in [5.74, 6) is 0.819. The highest BCUT2D eigenvalue weighted by atomic mass is 35.5. The average Bonchev–Trinajstić information content (AvgIpc) is 2.97. The van der Waals surface area contributed by atoms with E-state index in [9.17, 15) is 5.11 Å². The van der Waals surface area contributed by atoms with Crippen LogP contribution >= 0.6 is 11.6 Å². The van der Waals surface area contributed by atoms with E-state index in [1.165, 1.54) is 0 Å². The third-order valence-electron chi connectivity index (χ3n) is 3.77. The predicted octanol–water partition coefficient (Wildman–Crippen LogP) is 5.05. The monoisotopic (exact) mass is 320 g/mol. The second-order valence-electron chi connectivity index (χ2n) is 5.26. The van der Waals surface area contributed by atoms with Gasteiger partial charge < -0.3 is 5.11 Å². The first kappa shape index (κ1) is 13.9. The Kier molecular flexibility index (Phi) is 3.28. The molecule has 0 aliphatic carbocycles. The molecule has 0 aliphatic rings. The Morgan fingerprint density at radius 1 is 0.870 bits per heavy atom. The van der Waals surface area contributed by atoms with E-state index in [0.29, 0.717) is 16.4 Å². The number of aromatic nitrogens is 2. The fraction of sp³-hybridized carbons (Fsp3) is 0. The van der Waals surface area contributed by atoms with Crippen LogP contribution in [0.3, 0.4) is 0 Å². The number of aromatic hydroxyl groups is 1. The highest BCUT2D eigenvalue weighted by molar-refractivity contribution is 6.31. The van der Waals surface area contributed by atoms with Crippen LogP contribution in [0.1, 0.15) is 0 Å². The Hall–Kier alpha value is -2.78. The lowest BCUT2D eigenvalue weighted by molar-refractivity contribution is 0.477. The van der Waals surface area contributed by atoms with Gasteiger partial charge in [0.05, 0.1) is 16.6 Å². The van der Waals surface area contributed by atoms with Gasteiger partial charge in [-0.2, -0.15) is 0 Å². The predicted molar refractivity (Wildman–Crippen MR) is 93.2 cm³/mol. The average molecular weight is 321 g/mol. The van der Waals surface area contributed by atoms with Crippen LogP contribution in [0.15, 0.2) is 72.8 Å². The lowest BCUT2D eigenvalue weighted by Crippen LogP contribution is -1.97. The Labute approximate surface area is 138 Å². The van der Waals surface area contributed by atoms with Crippen molar-refractivity contribution in [2.24, 2.45) is 0 Å². The van der Waals surface area contributed by atoms with Crippen molar-refractivity contribution >= 4 is 22.6 Å². The van der Waals surface area contributed by atoms with Crippen LogP contribution in [-0.4, -0.2) is 14.7 Å². The van der Waals surface area contributed by atoms with Crippen molar-refractivity contribution in [3.8, 4) is 22.8 Å². The molecule has 0 radical (unpaired) electrons. The van der Waals surface area contributed by atoms with Gasteiger partial charge in [0, 0.05) is 10.7 Å². The molecule has 3 nitrogen and oxygen atoms in total. The molecule has 1 N–H and O–H groups in total. The molecule has 0 spiro atoms. The highest BCUT2D eigenvalue weighted by Gasteiger charge is 2.16. The maximum absolute atomic E-state index is 10.3. The number of phenols is 1. The molecule has 4 rings (SSSR count). The zero-order valence-corrected chi connectivity index (χ0v) is 12.9. The molecule has 1 aromatic heterocycles. The van der Waals surface area contributed by atoms with Gasteiger partial charge in [-0.15, -0.1) is 0 Å². The van der Waals surface area contributed by atoms with Crippen molar-refractivity contribution in [2.75, 3.05) is 0 Å². The number of halogens is 1. The van der Waals surface area contributed by atoms with E-state index in [0.717, 1.165) is 16.7 Å². The minimum Gasteiger partial charge on any atom is -0.507 e. The number of hydrogen-bond donors (Lipinski definition) is 1. The summed E-state index contributed by atoms with van der Waals surface area (Å²) in [6.45, 7) is 0. The molecule has 0 unspecified atom stereocenters. The fourth-order valence-corrected chi connectivity index (χ4v) is 2.90. The van der Waals surface area contributed by atoms with Gasteiger partial charge in [-0.05, 0) is 42.5 Å². The number of rotatable bonds is 2. The Morgan fingerprint density at radius 2 is 1.61 bits per heavy atom. The fourth-order valence-electron chi connectivity index (χ4n) is 2.73. The molecule has 0 fully saturated rings. The number of phenolic OH excluding ortho intramolecular Hbond substituents is 1. The lowest BCUT2D eigenvalue weighted by Gasteiger charge is -2.10. The minimum absolute atomic E-state index is 0.155. The second-order valence-corrected chi connectivity index (χ2v) is 5.69. The van der Waals surface area contributed by atoms with Gasteiger partial charge in [0.15, 0.2) is 0 Å². The van der Waals surface area contributed by atoms with Gasteiger partial charge in [-0.3, -0.25) is 4.57 Å². The number of imidazole rings is 1. The minimum atomic E-state index is 0.155. The lowest BCUT2D eigenvalue weighted by atomic mass is 10.2. The zero-order valence-electron chi connectivity index (χ0n) is 12.1. The number of fused-ring (bicyclic) bond motifs is 1. The van der Waals surface area contributed by atoms with Crippen molar-refractivity contribution in [2.45, 2.75) is 0 Å². The summed E-state index contributed by atoms with van der Waals surface area (Å²) in [4.78, 5) is 4.71. The van der Waals surface area contributed by atoms with E-state index < -0.39 is 0 Å². The van der Waals surface area contributed by atoms with Gasteiger partial charge in [0.25, 0.3) is 0 Å². The number of nitrogens with zero attached hydrogens (tertiary/aromatic N) is 2. The van der Waals surface area contributed by atoms with Gasteiger partial charge in [0.2, 0.25) is 0 Å². The largest absolute Gasteiger partial charge is 0.507 e. The summed E-state index contributed by atoms with van der Waals surface area (Å²) in [7, 11) is 0. The molecule has 23 heavy (non-hydrogen) atoms. The maximum atomic E-state index is 10.3. The molecule has 112 valence electrons. The van der Waals surface area contributed by atoms with Crippen molar-refractivity contribution in [3.05, 3.63) is 77.8 Å². The Bertz CT molecular complexity index is 993. The third-order valence-corrected chi connectivity index (χ3v) is 4.01. The quantitative estimate of drug-likeness (QED) is 0.561. The molecular formula is C19H13ClN2O. The number of hydrogen-bond acceptors (Lipinski definition) is 2. The summed E-state index contributed by atoms with van der Waals surface area (Å²) in [6.07, 6.45) is 0. The Balaban J connectivity index is 2.09. The molecule has 4 aromatic rings. The smallest absolute Gasteiger partial charge is 0.149 e. The first-order valence-corrected chi connectivity index (χ1v) is 7.63. The molecular weight excluding hydrogens is 308 g/mol. The van der Waals surface area contributed by atoms with Crippen LogP contribution in [0.4, 0.5) is 0 Å². The van der Waals surface area contributed by atoms with Crippen molar-refractivity contribution in [3.63, 3.8) is 0 Å². The molecule has 0 atom stereocenters. The number of para-hydroxylation sites is 3. The highest BCUT2D eigenvalue weighted by Crippen LogP contribution is 2.35. The Morgan fingerprint density at radius 3 is 2.43 bits per heavy atom. The SMILES string of the molecule is Oc1ccc(Cl)cc1-c1nc2ccccc2n1-c1ccccc1. The van der Waals surface area contributed by atoms with Gasteiger partial charge in [0.1, 0.15) is 11.6 Å². The standard InChI is InChI=1S/C19H13ClN2O/c20-13-10-11-18(23)15(12-13)19-21-16-8-4-5-9-17(16)22(19)14-6-2-1-3-7-14/h1-12,23H. The molecule has 0 amide bonds. The van der Waals surface area contributed by atoms with Crippen molar-refractivity contribution < 1.29 is 5.11 Å². The summed E-state index contributed by atoms with van der Waals surface area (Å²) < 4.78 is 2.03. The number of benzene rings is 3. The van der Waals surface area contributed by atoms with E-state index >= 15 is 0 Å². The maximum Gasteiger partial charge on any atom is 0.149 e. The van der Waals surface area contributed by atoms with Crippen molar-refractivity contribution in [1.29, 1.82) is 0 Å². The van der Waals surface area contributed by atoms with Gasteiger partial charge in [-0.1, -0.05) is 41.9 Å². The topological polar surface area (TPSA) is 38.1 Å². The van der Waals surface area contributed by atoms with Crippen LogP contribution < -0.4 is 0 Å². The molecule has 1 heterocycles. The van der Waals surface area contributed by atoms with Crippen molar-refractivity contribution in [1.82, 2.24) is 9.55 Å². The second kappa shape index (κ2) is 5.45. The van der Waals surface area contributed by atoms with E-state index in [2.05, 4.69) is 0 Å². The first-order chi connectivity index (χ1) is 11.2. The van der Waals surface area contributed by atoms with Crippen LogP contribution in [0.2, 0.25) is 5.02 Å². The molecule has 0 bridgehead atoms. The van der Waals surface area contributed by atoms with E-state index in [1.807, 2.05) is 59.2 Å². The van der Waals surface area contributed by atoms with E-state index in [4.69, 9.17) is 16.6 Å². The molecule has 3 aromatic carbocycles. The summed E-state index contributed by atoms with van der Waals surface area (Å²) in [5, 5.41) is 10.8. The van der Waals surface area contributed by atoms with Crippen LogP contribution in [0.25, 0.3) is 28.1 Å². The van der Waals surface area contributed by atoms with E-state index in [1.54, 1.807) is 18.2 Å². The third kappa shape index (κ3) is 2.35. The van der Waals surface area contributed by atoms with Crippen LogP contribution in [0.5, 0.6) is 5.75 Å². The van der Waals surface area contributed by atoms with Gasteiger partial charge in [-0.25, -0.2) is 4.98 Å². The first-order valence-electron chi connectivity index (χ1n) is 7.26. The van der Waals surface area contributed by atoms with Crippen LogP contribution in [0, 0.1) is 0 Å². The normalized spacial score (nSPS) is 11.0. The summed E-state index contributed by atoms with van der Waals surface area (Å²) in [6, 6.07) is 22.8. The van der Waals surface area contributed by atoms with Crippen LogP contribution in [-0.2, 0) is 0 Å². The molecule has 0 saturated heterocycles. The summed E-state index contributed by atoms with van der Waals surface area (Å²) >= 11 is 6.12. The zero-order chi connectivity index (χ0) is 15.8. The molecule has 0 aliphatic heterocycles.